The smallest absolute Gasteiger partial charge is 0.341 e. The third-order valence-electron chi connectivity index (χ3n) is 6.15. The number of carbonyl (C=O) groups excluding carboxylic acids is 1. The Kier molecular flexibility index (Phi) is 7.42. The van der Waals surface area contributed by atoms with E-state index < -0.39 is 28.6 Å². The number of rotatable bonds is 8. The average Bonchev–Trinajstić information content (AvgIpc) is 2.87. The lowest BCUT2D eigenvalue weighted by Gasteiger charge is -2.27. The summed E-state index contributed by atoms with van der Waals surface area (Å²) in [7, 11) is -0.411. The number of carboxylic acids is 1. The molecule has 0 radical (unpaired) electrons. The van der Waals surface area contributed by atoms with E-state index in [-0.39, 0.29) is 10.8 Å². The van der Waals surface area contributed by atoms with Gasteiger partial charge < -0.3 is 14.7 Å². The number of nitrogens with zero attached hydrogens (tertiary/aromatic N) is 1. The second kappa shape index (κ2) is 10.5. The lowest BCUT2D eigenvalue weighted by atomic mass is 9.87. The summed E-state index contributed by atoms with van der Waals surface area (Å²) in [5.74, 6) is -0.678. The molecule has 0 aliphatic heterocycles. The van der Waals surface area contributed by atoms with Crippen LogP contribution >= 0.6 is 0 Å². The van der Waals surface area contributed by atoms with E-state index in [1.54, 1.807) is 62.6 Å². The summed E-state index contributed by atoms with van der Waals surface area (Å²) in [5.41, 5.74) is 3.93. The Hall–Kier alpha value is -3.69. The molecule has 9 heteroatoms. The van der Waals surface area contributed by atoms with E-state index in [4.69, 9.17) is 9.84 Å². The highest BCUT2D eigenvalue weighted by molar-refractivity contribution is 7.89. The van der Waals surface area contributed by atoms with Crippen molar-refractivity contribution in [3.05, 3.63) is 83.4 Å². The van der Waals surface area contributed by atoms with Crippen molar-refractivity contribution in [3.8, 4) is 16.9 Å². The van der Waals surface area contributed by atoms with Gasteiger partial charge in [0.2, 0.25) is 10.0 Å². The third-order valence-corrected chi connectivity index (χ3v) is 7.64. The summed E-state index contributed by atoms with van der Waals surface area (Å²) in [4.78, 5) is 24.6. The van der Waals surface area contributed by atoms with Crippen molar-refractivity contribution < 1.29 is 27.9 Å². The SMILES string of the molecule is CN(C)C(=O)c1ccc(-c2ccc(S(=O)(=O)N[C@@H]3CCCc4c(OCC(=O)O)cccc43)cc2)cc1. The fourth-order valence-corrected chi connectivity index (χ4v) is 5.61. The van der Waals surface area contributed by atoms with Crippen LogP contribution in [0.3, 0.4) is 0 Å². The normalized spacial score (nSPS) is 15.1. The van der Waals surface area contributed by atoms with E-state index in [9.17, 15) is 18.0 Å². The van der Waals surface area contributed by atoms with Crippen LogP contribution in [0.25, 0.3) is 11.1 Å². The number of nitrogens with one attached hydrogen (secondary N) is 1. The van der Waals surface area contributed by atoms with Crippen LogP contribution in [-0.4, -0.2) is 51.0 Å². The largest absolute Gasteiger partial charge is 0.482 e. The fourth-order valence-electron chi connectivity index (χ4n) is 4.36. The van der Waals surface area contributed by atoms with Gasteiger partial charge in [-0.05, 0) is 71.8 Å². The van der Waals surface area contributed by atoms with Crippen LogP contribution in [0, 0.1) is 0 Å². The molecule has 8 nitrogen and oxygen atoms in total. The number of carboxylic acid groups (broad SMARTS) is 1. The van der Waals surface area contributed by atoms with Crippen LogP contribution in [-0.2, 0) is 21.2 Å². The van der Waals surface area contributed by atoms with E-state index in [1.807, 2.05) is 18.2 Å². The zero-order chi connectivity index (χ0) is 25.9. The first kappa shape index (κ1) is 25.4. The number of hydrogen-bond acceptors (Lipinski definition) is 5. The maximum atomic E-state index is 13.2. The summed E-state index contributed by atoms with van der Waals surface area (Å²) >= 11 is 0. The highest BCUT2D eigenvalue weighted by atomic mass is 32.2. The number of ether oxygens (including phenoxy) is 1. The molecular weight excluding hydrogens is 480 g/mol. The molecule has 0 bridgehead atoms. The van der Waals surface area contributed by atoms with Crippen molar-refractivity contribution in [3.63, 3.8) is 0 Å². The minimum Gasteiger partial charge on any atom is -0.482 e. The van der Waals surface area contributed by atoms with Crippen molar-refractivity contribution in [2.24, 2.45) is 0 Å². The molecule has 0 fully saturated rings. The lowest BCUT2D eigenvalue weighted by Crippen LogP contribution is -2.31. The van der Waals surface area contributed by atoms with E-state index >= 15 is 0 Å². The quantitative estimate of drug-likeness (QED) is 0.478. The summed E-state index contributed by atoms with van der Waals surface area (Å²) in [5, 5.41) is 8.92. The van der Waals surface area contributed by atoms with Crippen LogP contribution < -0.4 is 9.46 Å². The Morgan fingerprint density at radius 3 is 2.25 bits per heavy atom. The van der Waals surface area contributed by atoms with Crippen LogP contribution in [0.15, 0.2) is 71.6 Å². The molecule has 188 valence electrons. The zero-order valence-corrected chi connectivity index (χ0v) is 20.9. The molecule has 36 heavy (non-hydrogen) atoms. The van der Waals surface area contributed by atoms with E-state index in [0.29, 0.717) is 24.2 Å². The number of amides is 1. The summed E-state index contributed by atoms with van der Waals surface area (Å²) in [6, 6.07) is 18.6. The molecule has 1 atom stereocenters. The molecule has 0 saturated carbocycles. The summed E-state index contributed by atoms with van der Waals surface area (Å²) < 4.78 is 34.6. The Morgan fingerprint density at radius 1 is 1.00 bits per heavy atom. The van der Waals surface area contributed by atoms with Crippen molar-refractivity contribution >= 4 is 21.9 Å². The molecule has 1 amide bonds. The van der Waals surface area contributed by atoms with Gasteiger partial charge in [0.25, 0.3) is 5.91 Å². The molecule has 0 aromatic heterocycles. The predicted octanol–water partition coefficient (Wildman–Crippen LogP) is 3.87. The van der Waals surface area contributed by atoms with Gasteiger partial charge in [0.1, 0.15) is 5.75 Å². The molecular formula is C27H28N2O6S. The molecule has 1 aliphatic rings. The molecule has 4 rings (SSSR count). The van der Waals surface area contributed by atoms with Gasteiger partial charge in [-0.25, -0.2) is 17.9 Å². The van der Waals surface area contributed by atoms with Crippen molar-refractivity contribution in [1.29, 1.82) is 0 Å². The number of hydrogen-bond donors (Lipinski definition) is 2. The van der Waals surface area contributed by atoms with Crippen molar-refractivity contribution in [2.75, 3.05) is 20.7 Å². The number of benzene rings is 3. The van der Waals surface area contributed by atoms with Gasteiger partial charge in [0, 0.05) is 25.7 Å². The summed E-state index contributed by atoms with van der Waals surface area (Å²) in [6.45, 7) is -0.451. The fraction of sp³-hybridized carbons (Fsp3) is 0.259. The second-order valence-corrected chi connectivity index (χ2v) is 10.6. The zero-order valence-electron chi connectivity index (χ0n) is 20.1. The molecule has 1 aliphatic carbocycles. The average molecular weight is 509 g/mol. The highest BCUT2D eigenvalue weighted by Crippen LogP contribution is 2.36. The van der Waals surface area contributed by atoms with Crippen LogP contribution in [0.2, 0.25) is 0 Å². The number of sulfonamides is 1. The molecule has 3 aromatic rings. The summed E-state index contributed by atoms with van der Waals surface area (Å²) in [6.07, 6.45) is 2.07. The minimum atomic E-state index is -3.80. The van der Waals surface area contributed by atoms with Gasteiger partial charge in [-0.15, -0.1) is 0 Å². The molecule has 0 spiro atoms. The van der Waals surface area contributed by atoms with Gasteiger partial charge in [0.05, 0.1) is 4.90 Å². The first-order chi connectivity index (χ1) is 17.2. The first-order valence-electron chi connectivity index (χ1n) is 11.6. The molecule has 3 aromatic carbocycles. The van der Waals surface area contributed by atoms with Gasteiger partial charge in [-0.3, -0.25) is 4.79 Å². The van der Waals surface area contributed by atoms with E-state index in [2.05, 4.69) is 4.72 Å². The number of aliphatic carboxylic acids is 1. The Morgan fingerprint density at radius 2 is 1.64 bits per heavy atom. The maximum absolute atomic E-state index is 13.2. The molecule has 0 saturated heterocycles. The topological polar surface area (TPSA) is 113 Å². The Balaban J connectivity index is 1.51. The lowest BCUT2D eigenvalue weighted by molar-refractivity contribution is -0.139. The third kappa shape index (κ3) is 5.58. The van der Waals surface area contributed by atoms with Crippen LogP contribution in [0.1, 0.15) is 40.4 Å². The van der Waals surface area contributed by atoms with Gasteiger partial charge in [-0.1, -0.05) is 36.4 Å². The molecule has 0 unspecified atom stereocenters. The van der Waals surface area contributed by atoms with Crippen molar-refractivity contribution in [2.45, 2.75) is 30.2 Å². The molecule has 0 heterocycles. The monoisotopic (exact) mass is 508 g/mol. The van der Waals surface area contributed by atoms with Crippen LogP contribution in [0.4, 0.5) is 0 Å². The Bertz CT molecular complexity index is 1370. The van der Waals surface area contributed by atoms with E-state index in [0.717, 1.165) is 28.7 Å². The molecule has 2 N–H and O–H groups in total. The number of fused-ring (bicyclic) bond motifs is 1. The standard InChI is InChI=1S/C27H28N2O6S/c1-29(2)27(32)20-11-9-18(10-12-20)19-13-15-21(16-14-19)36(33,34)28-24-7-3-6-23-22(24)5-4-8-25(23)35-17-26(30)31/h4-5,8-16,24,28H,3,6-7,17H2,1-2H3,(H,30,31)/t24-/m1/s1. The van der Waals surface area contributed by atoms with Gasteiger partial charge in [-0.2, -0.15) is 0 Å². The van der Waals surface area contributed by atoms with Gasteiger partial charge >= 0.3 is 5.97 Å². The van der Waals surface area contributed by atoms with E-state index in [1.165, 1.54) is 4.90 Å². The maximum Gasteiger partial charge on any atom is 0.341 e. The Labute approximate surface area is 210 Å². The first-order valence-corrected chi connectivity index (χ1v) is 13.0. The minimum absolute atomic E-state index is 0.0843. The highest BCUT2D eigenvalue weighted by Gasteiger charge is 2.27. The van der Waals surface area contributed by atoms with Crippen molar-refractivity contribution in [1.82, 2.24) is 9.62 Å². The van der Waals surface area contributed by atoms with Crippen LogP contribution in [0.5, 0.6) is 5.75 Å². The number of carbonyl (C=O) groups is 2. The predicted molar refractivity (Wildman–Crippen MR) is 135 cm³/mol. The van der Waals surface area contributed by atoms with Gasteiger partial charge in [0.15, 0.2) is 6.61 Å². The second-order valence-electron chi connectivity index (χ2n) is 8.87.